The lowest BCUT2D eigenvalue weighted by atomic mass is 10.1. The Morgan fingerprint density at radius 1 is 1.22 bits per heavy atom. The summed E-state index contributed by atoms with van der Waals surface area (Å²) in [7, 11) is -2.93. The van der Waals surface area contributed by atoms with Crippen molar-refractivity contribution < 1.29 is 22.3 Å². The van der Waals surface area contributed by atoms with Gasteiger partial charge in [-0.2, -0.15) is 0 Å². The second-order valence-corrected chi connectivity index (χ2v) is 7.66. The first-order valence-electron chi connectivity index (χ1n) is 5.38. The Labute approximate surface area is 108 Å². The predicted octanol–water partition coefficient (Wildman–Crippen LogP) is 1.23. The second kappa shape index (κ2) is 5.54. The van der Waals surface area contributed by atoms with Gasteiger partial charge in [-0.1, -0.05) is 6.07 Å². The molecule has 3 atom stereocenters. The molecule has 0 spiro atoms. The molecule has 1 saturated heterocycles. The molecule has 1 aliphatic heterocycles. The summed E-state index contributed by atoms with van der Waals surface area (Å²) in [4.78, 5) is 0. The zero-order valence-electron chi connectivity index (χ0n) is 9.34. The molecule has 0 radical (unpaired) electrons. The Hall–Kier alpha value is -0.660. The molecule has 0 bridgehead atoms. The summed E-state index contributed by atoms with van der Waals surface area (Å²) in [6.45, 7) is 0. The van der Waals surface area contributed by atoms with E-state index in [4.69, 9.17) is 0 Å². The maximum absolute atomic E-state index is 13.5. The lowest BCUT2D eigenvalue weighted by molar-refractivity contribution is 0.188. The first kappa shape index (κ1) is 13.8. The van der Waals surface area contributed by atoms with Gasteiger partial charge in [0.2, 0.25) is 0 Å². The van der Waals surface area contributed by atoms with Crippen LogP contribution in [0.2, 0.25) is 0 Å². The van der Waals surface area contributed by atoms with Crippen molar-refractivity contribution in [3.05, 3.63) is 35.4 Å². The van der Waals surface area contributed by atoms with Gasteiger partial charge in [-0.25, -0.2) is 8.78 Å². The van der Waals surface area contributed by atoms with Crippen LogP contribution in [-0.4, -0.2) is 29.6 Å². The zero-order chi connectivity index (χ0) is 13.3. The van der Waals surface area contributed by atoms with Crippen LogP contribution in [0.1, 0.15) is 18.1 Å². The maximum Gasteiger partial charge on any atom is 0.140 e. The van der Waals surface area contributed by atoms with Crippen molar-refractivity contribution in [2.24, 2.45) is 0 Å². The number of aliphatic hydroxyl groups excluding tert-OH is 1. The molecule has 1 aromatic rings. The maximum atomic E-state index is 13.5. The van der Waals surface area contributed by atoms with Gasteiger partial charge in [0.25, 0.3) is 0 Å². The van der Waals surface area contributed by atoms with Crippen LogP contribution in [0.5, 0.6) is 0 Å². The first-order valence-corrected chi connectivity index (χ1v) is 8.14. The predicted molar refractivity (Wildman–Crippen MR) is 65.7 cm³/mol. The van der Waals surface area contributed by atoms with Gasteiger partial charge >= 0.3 is 0 Å². The van der Waals surface area contributed by atoms with Crippen LogP contribution < -0.4 is 0 Å². The fourth-order valence-corrected chi connectivity index (χ4v) is 5.78. The van der Waals surface area contributed by atoms with E-state index in [-0.39, 0.29) is 5.56 Å². The topological polar surface area (TPSA) is 54.4 Å². The van der Waals surface area contributed by atoms with Gasteiger partial charge in [-0.05, 0) is 12.5 Å². The Balaban J connectivity index is 2.32. The van der Waals surface area contributed by atoms with Crippen LogP contribution in [0.4, 0.5) is 8.78 Å². The second-order valence-electron chi connectivity index (χ2n) is 4.00. The molecule has 1 fully saturated rings. The van der Waals surface area contributed by atoms with Crippen molar-refractivity contribution in [2.75, 3.05) is 11.5 Å². The number of halogens is 2. The van der Waals surface area contributed by atoms with E-state index in [2.05, 4.69) is 0 Å². The van der Waals surface area contributed by atoms with Crippen molar-refractivity contribution >= 4 is 21.6 Å². The molecule has 1 N–H and O–H groups in total. The van der Waals surface area contributed by atoms with Crippen molar-refractivity contribution in [3.8, 4) is 0 Å². The highest BCUT2D eigenvalue weighted by Crippen LogP contribution is 2.28. The summed E-state index contributed by atoms with van der Waals surface area (Å²) in [6.07, 6.45) is -0.874. The smallest absolute Gasteiger partial charge is 0.140 e. The molecule has 0 aromatic heterocycles. The van der Waals surface area contributed by atoms with Crippen LogP contribution in [0.15, 0.2) is 18.2 Å². The lowest BCUT2D eigenvalue weighted by Gasteiger charge is -2.25. The molecule has 0 aliphatic carbocycles. The first-order chi connectivity index (χ1) is 8.50. The van der Waals surface area contributed by atoms with Gasteiger partial charge in [0.05, 0.1) is 0 Å². The van der Waals surface area contributed by atoms with Crippen LogP contribution in [0, 0.1) is 11.6 Å². The SMILES string of the molecule is O=[S@@]1CCC[S@@](=O)C1[C@@H](O)c1ccc(F)cc1F. The van der Waals surface area contributed by atoms with Gasteiger partial charge in [0, 0.05) is 44.7 Å². The van der Waals surface area contributed by atoms with E-state index in [0.29, 0.717) is 24.0 Å². The standard InChI is InChI=1S/C11H12F2O3S2/c12-7-2-3-8(9(13)6-7)10(14)11-17(15)4-1-5-18(11)16/h2-3,6,10-11,14H,1,4-5H2/t10-,17+,18+/m0/s1. The average molecular weight is 294 g/mol. The summed E-state index contributed by atoms with van der Waals surface area (Å²) in [5.74, 6) is -0.983. The number of benzene rings is 1. The van der Waals surface area contributed by atoms with Gasteiger partial charge in [-0.15, -0.1) is 0 Å². The van der Waals surface area contributed by atoms with E-state index < -0.39 is 43.9 Å². The van der Waals surface area contributed by atoms with E-state index in [9.17, 15) is 22.3 Å². The Kier molecular flexibility index (Phi) is 4.24. The summed E-state index contributed by atoms with van der Waals surface area (Å²) < 4.78 is 48.8. The Morgan fingerprint density at radius 2 is 1.83 bits per heavy atom. The zero-order valence-corrected chi connectivity index (χ0v) is 11.0. The monoisotopic (exact) mass is 294 g/mol. The molecule has 7 heteroatoms. The normalized spacial score (nSPS) is 27.1. The van der Waals surface area contributed by atoms with E-state index in [0.717, 1.165) is 12.1 Å². The number of hydrogen-bond acceptors (Lipinski definition) is 3. The fraction of sp³-hybridized carbons (Fsp3) is 0.455. The largest absolute Gasteiger partial charge is 0.386 e. The van der Waals surface area contributed by atoms with E-state index in [1.165, 1.54) is 0 Å². The number of hydrogen-bond donors (Lipinski definition) is 1. The Morgan fingerprint density at radius 3 is 2.39 bits per heavy atom. The van der Waals surface area contributed by atoms with Crippen LogP contribution in [0.3, 0.4) is 0 Å². The van der Waals surface area contributed by atoms with Crippen LogP contribution in [0.25, 0.3) is 0 Å². The molecule has 0 unspecified atom stereocenters. The summed E-state index contributed by atoms with van der Waals surface area (Å²) in [6, 6.07) is 2.75. The lowest BCUT2D eigenvalue weighted by Crippen LogP contribution is -2.36. The van der Waals surface area contributed by atoms with E-state index >= 15 is 0 Å². The third-order valence-electron chi connectivity index (χ3n) is 2.75. The molecule has 0 amide bonds. The molecule has 1 aliphatic rings. The third-order valence-corrected chi connectivity index (χ3v) is 6.97. The van der Waals surface area contributed by atoms with Crippen LogP contribution >= 0.6 is 0 Å². The summed E-state index contributed by atoms with van der Waals surface area (Å²) >= 11 is 0. The molecule has 18 heavy (non-hydrogen) atoms. The highest BCUT2D eigenvalue weighted by molar-refractivity contribution is 8.03. The average Bonchev–Trinajstić information content (AvgIpc) is 2.28. The van der Waals surface area contributed by atoms with E-state index in [1.54, 1.807) is 0 Å². The molecule has 3 nitrogen and oxygen atoms in total. The highest BCUT2D eigenvalue weighted by Gasteiger charge is 2.36. The Bertz CT molecular complexity index is 491. The number of aliphatic hydroxyl groups is 1. The van der Waals surface area contributed by atoms with Crippen molar-refractivity contribution in [3.63, 3.8) is 0 Å². The molecule has 1 aromatic carbocycles. The van der Waals surface area contributed by atoms with Gasteiger partial charge in [0.15, 0.2) is 0 Å². The van der Waals surface area contributed by atoms with Crippen molar-refractivity contribution in [2.45, 2.75) is 17.1 Å². The molecular weight excluding hydrogens is 282 g/mol. The molecule has 0 saturated carbocycles. The highest BCUT2D eigenvalue weighted by atomic mass is 32.2. The molecule has 1 heterocycles. The van der Waals surface area contributed by atoms with Crippen molar-refractivity contribution in [1.29, 1.82) is 0 Å². The molecule has 100 valence electrons. The number of rotatable bonds is 2. The quantitative estimate of drug-likeness (QED) is 0.892. The third kappa shape index (κ3) is 2.67. The minimum absolute atomic E-state index is 0.162. The minimum atomic E-state index is -1.46. The minimum Gasteiger partial charge on any atom is -0.386 e. The molecular formula is C11H12F2O3S2. The van der Waals surface area contributed by atoms with Crippen molar-refractivity contribution in [1.82, 2.24) is 0 Å². The van der Waals surface area contributed by atoms with Gasteiger partial charge < -0.3 is 5.11 Å². The fourth-order valence-electron chi connectivity index (χ4n) is 1.87. The van der Waals surface area contributed by atoms with E-state index in [1.807, 2.05) is 0 Å². The summed E-state index contributed by atoms with van der Waals surface area (Å²) in [5.41, 5.74) is -0.162. The van der Waals surface area contributed by atoms with Gasteiger partial charge in [-0.3, -0.25) is 8.42 Å². The van der Waals surface area contributed by atoms with Gasteiger partial charge in [0.1, 0.15) is 22.3 Å². The molecule has 2 rings (SSSR count). The van der Waals surface area contributed by atoms with Crippen LogP contribution in [-0.2, 0) is 21.6 Å². The summed E-state index contributed by atoms with van der Waals surface area (Å²) in [5, 5.41) is 10.0.